The van der Waals surface area contributed by atoms with Crippen molar-refractivity contribution in [1.82, 2.24) is 4.31 Å². The first-order chi connectivity index (χ1) is 8.99. The minimum absolute atomic E-state index is 0.0604. The van der Waals surface area contributed by atoms with Gasteiger partial charge in [-0.05, 0) is 29.8 Å². The van der Waals surface area contributed by atoms with E-state index in [1.165, 1.54) is 13.8 Å². The molecule has 1 heterocycles. The van der Waals surface area contributed by atoms with Gasteiger partial charge in [0, 0.05) is 12.1 Å². The highest BCUT2D eigenvalue weighted by Gasteiger charge is 2.40. The number of alkyl halides is 3. The first kappa shape index (κ1) is 17.5. The molecule has 0 atom stereocenters. The highest BCUT2D eigenvalue weighted by atomic mass is 79.9. The summed E-state index contributed by atoms with van der Waals surface area (Å²) in [5.41, 5.74) is 5.31. The fourth-order valence-electron chi connectivity index (χ4n) is 1.52. The summed E-state index contributed by atoms with van der Waals surface area (Å²) < 4.78 is 67.4. The Labute approximate surface area is 123 Å². The summed E-state index contributed by atoms with van der Waals surface area (Å²) in [5.74, 6) is 0.158. The van der Waals surface area contributed by atoms with Crippen LogP contribution in [0.3, 0.4) is 0 Å². The number of nitrogens with two attached hydrogens (primary N) is 1. The molecule has 0 bridgehead atoms. The molecule has 0 fully saturated rings. The highest BCUT2D eigenvalue weighted by molar-refractivity contribution is 9.10. The zero-order valence-corrected chi connectivity index (χ0v) is 13.1. The first-order valence-corrected chi connectivity index (χ1v) is 7.79. The average Bonchev–Trinajstić information content (AvgIpc) is 2.66. The zero-order chi connectivity index (χ0) is 15.7. The maximum Gasteiger partial charge on any atom is 0.402 e. The van der Waals surface area contributed by atoms with Gasteiger partial charge < -0.3 is 10.2 Å². The third kappa shape index (κ3) is 3.96. The van der Waals surface area contributed by atoms with Crippen molar-refractivity contribution in [2.75, 3.05) is 6.54 Å². The molecule has 116 valence electrons. The number of hydrogen-bond donors (Lipinski definition) is 1. The molecule has 10 heteroatoms. The topological polar surface area (TPSA) is 76.5 Å². The Morgan fingerprint density at radius 2 is 2.00 bits per heavy atom. The molecular weight excluding hydrogens is 365 g/mol. The van der Waals surface area contributed by atoms with Crippen LogP contribution in [0.2, 0.25) is 0 Å². The minimum atomic E-state index is -4.63. The van der Waals surface area contributed by atoms with Crippen molar-refractivity contribution in [3.8, 4) is 0 Å². The van der Waals surface area contributed by atoms with Gasteiger partial charge in [-0.1, -0.05) is 0 Å². The Hall–Kier alpha value is -0.580. The van der Waals surface area contributed by atoms with Crippen molar-refractivity contribution in [3.63, 3.8) is 0 Å². The molecule has 0 aliphatic heterocycles. The van der Waals surface area contributed by atoms with E-state index in [2.05, 4.69) is 15.9 Å². The third-order valence-electron chi connectivity index (χ3n) is 2.41. The lowest BCUT2D eigenvalue weighted by molar-refractivity contribution is -0.138. The van der Waals surface area contributed by atoms with E-state index in [-0.39, 0.29) is 21.9 Å². The van der Waals surface area contributed by atoms with E-state index in [0.29, 0.717) is 4.31 Å². The van der Waals surface area contributed by atoms with Crippen molar-refractivity contribution >= 4 is 26.0 Å². The smallest absolute Gasteiger partial charge is 0.402 e. The largest absolute Gasteiger partial charge is 0.452 e. The Morgan fingerprint density at radius 3 is 2.35 bits per heavy atom. The number of furan rings is 1. The first-order valence-electron chi connectivity index (χ1n) is 5.56. The van der Waals surface area contributed by atoms with Gasteiger partial charge in [-0.3, -0.25) is 0 Å². The van der Waals surface area contributed by atoms with Crippen LogP contribution >= 0.6 is 15.9 Å². The number of halogens is 4. The molecule has 1 rings (SSSR count). The summed E-state index contributed by atoms with van der Waals surface area (Å²) in [6.45, 7) is 1.10. The van der Waals surface area contributed by atoms with E-state index in [9.17, 15) is 21.6 Å². The summed E-state index contributed by atoms with van der Waals surface area (Å²) in [6.07, 6.45) is -4.63. The fraction of sp³-hybridized carbons (Fsp3) is 0.600. The standard InChI is InChI=1S/C10H14BrF3N2O3S/c1-6(2)16(5-10(12,13)14)20(17,18)8-3-7(4-15)19-9(8)11/h3,6H,4-5,15H2,1-2H3. The summed E-state index contributed by atoms with van der Waals surface area (Å²) in [6, 6.07) is 0.260. The van der Waals surface area contributed by atoms with Crippen LogP contribution in [0.1, 0.15) is 19.6 Å². The van der Waals surface area contributed by atoms with Crippen molar-refractivity contribution in [2.45, 2.75) is 37.5 Å². The number of nitrogens with zero attached hydrogens (tertiary/aromatic N) is 1. The molecule has 0 radical (unpaired) electrons. The van der Waals surface area contributed by atoms with Crippen molar-refractivity contribution in [2.24, 2.45) is 5.73 Å². The van der Waals surface area contributed by atoms with Gasteiger partial charge in [0.25, 0.3) is 0 Å². The van der Waals surface area contributed by atoms with Crippen LogP contribution in [0.25, 0.3) is 0 Å². The van der Waals surface area contributed by atoms with Gasteiger partial charge in [0.1, 0.15) is 17.2 Å². The van der Waals surface area contributed by atoms with Crippen LogP contribution in [0.4, 0.5) is 13.2 Å². The molecule has 1 aromatic heterocycles. The van der Waals surface area contributed by atoms with E-state index in [1.54, 1.807) is 0 Å². The van der Waals surface area contributed by atoms with Crippen molar-refractivity contribution in [1.29, 1.82) is 0 Å². The number of hydrogen-bond acceptors (Lipinski definition) is 4. The number of rotatable bonds is 5. The van der Waals surface area contributed by atoms with Gasteiger partial charge in [0.2, 0.25) is 10.0 Å². The Kier molecular flexibility index (Phi) is 5.28. The van der Waals surface area contributed by atoms with E-state index in [0.717, 1.165) is 6.07 Å². The molecule has 0 aromatic carbocycles. The van der Waals surface area contributed by atoms with Crippen LogP contribution in [-0.4, -0.2) is 31.5 Å². The van der Waals surface area contributed by atoms with Gasteiger partial charge in [-0.15, -0.1) is 0 Å². The lowest BCUT2D eigenvalue weighted by Crippen LogP contribution is -2.43. The van der Waals surface area contributed by atoms with Crippen molar-refractivity contribution in [3.05, 3.63) is 16.5 Å². The second-order valence-corrected chi connectivity index (χ2v) is 6.89. The highest BCUT2D eigenvalue weighted by Crippen LogP contribution is 2.31. The molecule has 5 nitrogen and oxygen atoms in total. The van der Waals surface area contributed by atoms with Gasteiger partial charge in [0.05, 0.1) is 6.54 Å². The van der Waals surface area contributed by atoms with E-state index in [1.807, 2.05) is 0 Å². The van der Waals surface area contributed by atoms with Crippen LogP contribution in [0.15, 0.2) is 20.0 Å². The van der Waals surface area contributed by atoms with Crippen LogP contribution < -0.4 is 5.73 Å². The minimum Gasteiger partial charge on any atom is -0.452 e. The molecule has 0 aliphatic carbocycles. The molecule has 0 unspecified atom stereocenters. The molecule has 0 saturated carbocycles. The van der Waals surface area contributed by atoms with E-state index >= 15 is 0 Å². The normalized spacial score (nSPS) is 13.4. The zero-order valence-electron chi connectivity index (χ0n) is 10.7. The Bertz CT molecular complexity index is 569. The second-order valence-electron chi connectivity index (χ2n) is 4.31. The van der Waals surface area contributed by atoms with Crippen LogP contribution in [0, 0.1) is 0 Å². The van der Waals surface area contributed by atoms with Crippen LogP contribution in [-0.2, 0) is 16.6 Å². The second kappa shape index (κ2) is 6.04. The predicted octanol–water partition coefficient (Wildman–Crippen LogP) is 2.46. The molecular formula is C10H14BrF3N2O3S. The quantitative estimate of drug-likeness (QED) is 0.853. The average molecular weight is 379 g/mol. The summed E-state index contributed by atoms with van der Waals surface area (Å²) in [7, 11) is -4.34. The van der Waals surface area contributed by atoms with Gasteiger partial charge in [-0.2, -0.15) is 17.5 Å². The predicted molar refractivity (Wildman–Crippen MR) is 69.4 cm³/mol. The van der Waals surface area contributed by atoms with Crippen molar-refractivity contribution < 1.29 is 26.0 Å². The SMILES string of the molecule is CC(C)N(CC(F)(F)F)S(=O)(=O)c1cc(CN)oc1Br. The summed E-state index contributed by atoms with van der Waals surface area (Å²) in [4.78, 5) is -0.365. The molecule has 0 spiro atoms. The Balaban J connectivity index is 3.26. The summed E-state index contributed by atoms with van der Waals surface area (Å²) in [5, 5.41) is 0. The Morgan fingerprint density at radius 1 is 1.45 bits per heavy atom. The molecule has 0 saturated heterocycles. The lowest BCUT2D eigenvalue weighted by Gasteiger charge is -2.26. The molecule has 1 aromatic rings. The summed E-state index contributed by atoms with van der Waals surface area (Å²) >= 11 is 2.88. The number of sulfonamides is 1. The van der Waals surface area contributed by atoms with Gasteiger partial charge >= 0.3 is 6.18 Å². The van der Waals surface area contributed by atoms with Gasteiger partial charge in [0.15, 0.2) is 4.67 Å². The molecule has 0 aliphatic rings. The molecule has 0 amide bonds. The third-order valence-corrected chi connectivity index (χ3v) is 5.28. The lowest BCUT2D eigenvalue weighted by atomic mass is 10.4. The van der Waals surface area contributed by atoms with E-state index in [4.69, 9.17) is 10.2 Å². The molecule has 20 heavy (non-hydrogen) atoms. The maximum absolute atomic E-state index is 12.5. The van der Waals surface area contributed by atoms with Gasteiger partial charge in [-0.25, -0.2) is 8.42 Å². The maximum atomic E-state index is 12.5. The van der Waals surface area contributed by atoms with E-state index < -0.39 is 28.8 Å². The molecule has 2 N–H and O–H groups in total. The van der Waals surface area contributed by atoms with Crippen LogP contribution in [0.5, 0.6) is 0 Å². The monoisotopic (exact) mass is 378 g/mol. The fourth-order valence-corrected chi connectivity index (χ4v) is 4.11.